The largest absolute Gasteiger partial charge is 0.389 e. The van der Waals surface area contributed by atoms with Crippen LogP contribution in [0, 0.1) is 0 Å². The third-order valence-corrected chi connectivity index (χ3v) is 3.60. The van der Waals surface area contributed by atoms with Gasteiger partial charge in [-0.3, -0.25) is 4.79 Å². The van der Waals surface area contributed by atoms with Crippen molar-refractivity contribution in [2.24, 2.45) is 0 Å². The standard InChI is InChI=1S/C14H16ClF3N2O/c15-10-2-1-3-12(8-10)20-7-5-11(9-20)19-13(21)4-6-14(16,17)18/h1-3,8,11H,4-7,9H2,(H,19,21)/t11-/m1/s1. The Balaban J connectivity index is 1.81. The Hall–Kier alpha value is -1.43. The van der Waals surface area contributed by atoms with Crippen molar-refractivity contribution in [3.05, 3.63) is 29.3 Å². The first-order valence-electron chi connectivity index (χ1n) is 6.70. The highest BCUT2D eigenvalue weighted by atomic mass is 35.5. The SMILES string of the molecule is O=C(CCC(F)(F)F)N[C@@H]1CCN(c2cccc(Cl)c2)C1. The van der Waals surface area contributed by atoms with Gasteiger partial charge in [-0.1, -0.05) is 17.7 Å². The van der Waals surface area contributed by atoms with Crippen LogP contribution >= 0.6 is 11.6 Å². The molecule has 0 radical (unpaired) electrons. The van der Waals surface area contributed by atoms with E-state index in [9.17, 15) is 18.0 Å². The maximum Gasteiger partial charge on any atom is 0.389 e. The summed E-state index contributed by atoms with van der Waals surface area (Å²) in [6, 6.07) is 7.24. The number of hydrogen-bond acceptors (Lipinski definition) is 2. The van der Waals surface area contributed by atoms with E-state index >= 15 is 0 Å². The molecular formula is C14H16ClF3N2O. The monoisotopic (exact) mass is 320 g/mol. The molecule has 1 atom stereocenters. The molecule has 0 aromatic heterocycles. The molecule has 1 N–H and O–H groups in total. The smallest absolute Gasteiger partial charge is 0.369 e. The first kappa shape index (κ1) is 15.9. The molecule has 1 aliphatic rings. The predicted molar refractivity (Wildman–Crippen MR) is 75.5 cm³/mol. The lowest BCUT2D eigenvalue weighted by atomic mass is 10.2. The molecule has 0 bridgehead atoms. The van der Waals surface area contributed by atoms with Gasteiger partial charge in [0.1, 0.15) is 0 Å². The molecule has 1 saturated heterocycles. The second-order valence-electron chi connectivity index (χ2n) is 5.09. The fourth-order valence-corrected chi connectivity index (χ4v) is 2.53. The van der Waals surface area contributed by atoms with Crippen molar-refractivity contribution in [1.82, 2.24) is 5.32 Å². The average molecular weight is 321 g/mol. The Bertz CT molecular complexity index is 507. The van der Waals surface area contributed by atoms with Crippen LogP contribution in [0.5, 0.6) is 0 Å². The summed E-state index contributed by atoms with van der Waals surface area (Å²) in [6.45, 7) is 1.32. The number of anilines is 1. The third kappa shape index (κ3) is 5.12. The van der Waals surface area contributed by atoms with Crippen LogP contribution in [0.25, 0.3) is 0 Å². The predicted octanol–water partition coefficient (Wildman–Crippen LogP) is 3.38. The second-order valence-corrected chi connectivity index (χ2v) is 5.53. The molecule has 21 heavy (non-hydrogen) atoms. The number of carbonyl (C=O) groups excluding carboxylic acids is 1. The van der Waals surface area contributed by atoms with E-state index in [4.69, 9.17) is 11.6 Å². The van der Waals surface area contributed by atoms with Crippen molar-refractivity contribution in [3.8, 4) is 0 Å². The molecule has 1 aromatic rings. The van der Waals surface area contributed by atoms with Crippen LogP contribution in [0.2, 0.25) is 5.02 Å². The topological polar surface area (TPSA) is 32.3 Å². The van der Waals surface area contributed by atoms with Gasteiger partial charge in [0.15, 0.2) is 0 Å². The summed E-state index contributed by atoms with van der Waals surface area (Å²) in [7, 11) is 0. The molecule has 2 rings (SSSR count). The molecule has 1 amide bonds. The lowest BCUT2D eigenvalue weighted by Crippen LogP contribution is -2.37. The van der Waals surface area contributed by atoms with Crippen LogP contribution in [0.1, 0.15) is 19.3 Å². The van der Waals surface area contributed by atoms with E-state index in [2.05, 4.69) is 10.2 Å². The van der Waals surface area contributed by atoms with Crippen LogP contribution in [0.3, 0.4) is 0 Å². The zero-order valence-electron chi connectivity index (χ0n) is 11.3. The molecule has 3 nitrogen and oxygen atoms in total. The van der Waals surface area contributed by atoms with Gasteiger partial charge in [-0.15, -0.1) is 0 Å². The summed E-state index contributed by atoms with van der Waals surface area (Å²) in [6.07, 6.45) is -5.18. The van der Waals surface area contributed by atoms with E-state index in [-0.39, 0.29) is 6.04 Å². The summed E-state index contributed by atoms with van der Waals surface area (Å²) >= 11 is 5.92. The lowest BCUT2D eigenvalue weighted by Gasteiger charge is -2.19. The van der Waals surface area contributed by atoms with Gasteiger partial charge in [-0.2, -0.15) is 13.2 Å². The molecule has 0 spiro atoms. The summed E-state index contributed by atoms with van der Waals surface area (Å²) in [5.74, 6) is -0.551. The minimum atomic E-state index is -4.29. The van der Waals surface area contributed by atoms with Crippen molar-refractivity contribution in [3.63, 3.8) is 0 Å². The van der Waals surface area contributed by atoms with Gasteiger partial charge < -0.3 is 10.2 Å². The molecular weight excluding hydrogens is 305 g/mol. The number of carbonyl (C=O) groups is 1. The van der Waals surface area contributed by atoms with E-state index in [1.807, 2.05) is 18.2 Å². The molecule has 1 heterocycles. The molecule has 7 heteroatoms. The number of halogens is 4. The maximum absolute atomic E-state index is 12.1. The summed E-state index contributed by atoms with van der Waals surface area (Å²) in [5.41, 5.74) is 0.953. The van der Waals surface area contributed by atoms with E-state index in [0.717, 1.165) is 12.2 Å². The molecule has 116 valence electrons. The van der Waals surface area contributed by atoms with Gasteiger partial charge >= 0.3 is 6.18 Å². The van der Waals surface area contributed by atoms with Crippen molar-refractivity contribution < 1.29 is 18.0 Å². The number of hydrogen-bond donors (Lipinski definition) is 1. The number of benzene rings is 1. The number of amides is 1. The fraction of sp³-hybridized carbons (Fsp3) is 0.500. The zero-order valence-corrected chi connectivity index (χ0v) is 12.0. The van der Waals surface area contributed by atoms with Gasteiger partial charge in [0.2, 0.25) is 5.91 Å². The summed E-state index contributed by atoms with van der Waals surface area (Å²) < 4.78 is 36.2. The maximum atomic E-state index is 12.1. The lowest BCUT2D eigenvalue weighted by molar-refractivity contribution is -0.144. The summed E-state index contributed by atoms with van der Waals surface area (Å²) in [4.78, 5) is 13.5. The van der Waals surface area contributed by atoms with Gasteiger partial charge in [0.05, 0.1) is 6.42 Å². The van der Waals surface area contributed by atoms with E-state index in [1.54, 1.807) is 6.07 Å². The number of alkyl halides is 3. The van der Waals surface area contributed by atoms with Crippen LogP contribution < -0.4 is 10.2 Å². The molecule has 1 fully saturated rings. The fourth-order valence-electron chi connectivity index (χ4n) is 2.34. The van der Waals surface area contributed by atoms with Crippen LogP contribution in [0.4, 0.5) is 18.9 Å². The quantitative estimate of drug-likeness (QED) is 0.922. The van der Waals surface area contributed by atoms with Gasteiger partial charge in [-0.05, 0) is 24.6 Å². The normalized spacial score (nSPS) is 18.9. The van der Waals surface area contributed by atoms with E-state index in [0.29, 0.717) is 18.0 Å². The molecule has 1 aromatic carbocycles. The molecule has 0 aliphatic carbocycles. The highest BCUT2D eigenvalue weighted by Crippen LogP contribution is 2.24. The van der Waals surface area contributed by atoms with Gasteiger partial charge in [-0.25, -0.2) is 0 Å². The molecule has 1 aliphatic heterocycles. The minimum Gasteiger partial charge on any atom is -0.369 e. The Kier molecular flexibility index (Phi) is 4.98. The molecule has 0 unspecified atom stereocenters. The first-order chi connectivity index (χ1) is 9.83. The van der Waals surface area contributed by atoms with Gasteiger partial charge in [0.25, 0.3) is 0 Å². The van der Waals surface area contributed by atoms with E-state index in [1.165, 1.54) is 0 Å². The van der Waals surface area contributed by atoms with Gasteiger partial charge in [0, 0.05) is 36.3 Å². The van der Waals surface area contributed by atoms with Crippen molar-refractivity contribution in [2.75, 3.05) is 18.0 Å². The second kappa shape index (κ2) is 6.56. The highest BCUT2D eigenvalue weighted by molar-refractivity contribution is 6.30. The van der Waals surface area contributed by atoms with Crippen LogP contribution in [0.15, 0.2) is 24.3 Å². The molecule has 0 saturated carbocycles. The average Bonchev–Trinajstić information content (AvgIpc) is 2.84. The van der Waals surface area contributed by atoms with Crippen molar-refractivity contribution >= 4 is 23.2 Å². The van der Waals surface area contributed by atoms with Crippen molar-refractivity contribution in [1.29, 1.82) is 0 Å². The Labute approximate surface area is 126 Å². The summed E-state index contributed by atoms with van der Waals surface area (Å²) in [5, 5.41) is 3.28. The highest BCUT2D eigenvalue weighted by Gasteiger charge is 2.29. The number of nitrogens with one attached hydrogen (secondary N) is 1. The van der Waals surface area contributed by atoms with E-state index < -0.39 is 24.9 Å². The Morgan fingerprint density at radius 1 is 1.43 bits per heavy atom. The first-order valence-corrected chi connectivity index (χ1v) is 7.08. The van der Waals surface area contributed by atoms with Crippen LogP contribution in [-0.4, -0.2) is 31.2 Å². The Morgan fingerprint density at radius 3 is 2.86 bits per heavy atom. The number of rotatable bonds is 4. The van der Waals surface area contributed by atoms with Crippen molar-refractivity contribution in [2.45, 2.75) is 31.5 Å². The minimum absolute atomic E-state index is 0.121. The van der Waals surface area contributed by atoms with Crippen LogP contribution in [-0.2, 0) is 4.79 Å². The number of nitrogens with zero attached hydrogens (tertiary/aromatic N) is 1. The third-order valence-electron chi connectivity index (χ3n) is 3.36. The Morgan fingerprint density at radius 2 is 2.19 bits per heavy atom. The zero-order chi connectivity index (χ0) is 15.5.